The summed E-state index contributed by atoms with van der Waals surface area (Å²) in [5.74, 6) is 0. The molecule has 0 spiro atoms. The van der Waals surface area contributed by atoms with E-state index in [2.05, 4.69) is 12.2 Å². The first-order chi connectivity index (χ1) is 5.34. The topological polar surface area (TPSA) is 21.3 Å². The fourth-order valence-corrected chi connectivity index (χ4v) is 1.43. The van der Waals surface area contributed by atoms with E-state index in [9.17, 15) is 0 Å². The Hall–Kier alpha value is -0.340. The van der Waals surface area contributed by atoms with Crippen LogP contribution in [0.5, 0.6) is 0 Å². The van der Waals surface area contributed by atoms with Crippen LogP contribution in [0.3, 0.4) is 0 Å². The lowest BCUT2D eigenvalue weighted by molar-refractivity contribution is 0.118. The molecule has 0 unspecified atom stereocenters. The molecular weight excluding hydrogens is 138 g/mol. The number of likely N-dealkylation sites (N-methyl/N-ethyl adjacent to an activating group) is 1. The van der Waals surface area contributed by atoms with Crippen molar-refractivity contribution in [3.63, 3.8) is 0 Å². The van der Waals surface area contributed by atoms with Crippen LogP contribution in [0.1, 0.15) is 19.8 Å². The highest BCUT2D eigenvalue weighted by Gasteiger charge is 2.07. The molecule has 11 heavy (non-hydrogen) atoms. The average molecular weight is 155 g/mol. The van der Waals surface area contributed by atoms with E-state index in [0.29, 0.717) is 0 Å². The molecule has 0 saturated carbocycles. The Kier molecular flexibility index (Phi) is 3.60. The van der Waals surface area contributed by atoms with Gasteiger partial charge in [-0.2, -0.15) is 0 Å². The largest absolute Gasteiger partial charge is 0.381 e. The summed E-state index contributed by atoms with van der Waals surface area (Å²) in [4.78, 5) is 0. The first kappa shape index (κ1) is 8.75. The van der Waals surface area contributed by atoms with E-state index in [1.54, 1.807) is 5.57 Å². The van der Waals surface area contributed by atoms with Crippen molar-refractivity contribution in [2.45, 2.75) is 19.8 Å². The maximum atomic E-state index is 5.27. The summed E-state index contributed by atoms with van der Waals surface area (Å²) in [6, 6.07) is 0. The van der Waals surface area contributed by atoms with Crippen LogP contribution >= 0.6 is 0 Å². The highest BCUT2D eigenvalue weighted by atomic mass is 16.5. The van der Waals surface area contributed by atoms with Crippen LogP contribution < -0.4 is 5.32 Å². The van der Waals surface area contributed by atoms with E-state index in [-0.39, 0.29) is 0 Å². The molecule has 0 amide bonds. The molecule has 1 saturated heterocycles. The third-order valence-electron chi connectivity index (χ3n) is 2.14. The summed E-state index contributed by atoms with van der Waals surface area (Å²) in [5.41, 5.74) is 3.08. The van der Waals surface area contributed by atoms with E-state index < -0.39 is 0 Å². The molecule has 0 atom stereocenters. The number of rotatable bonds is 2. The van der Waals surface area contributed by atoms with E-state index in [1.165, 1.54) is 5.57 Å². The van der Waals surface area contributed by atoms with E-state index in [1.807, 2.05) is 7.05 Å². The molecule has 0 aromatic rings. The van der Waals surface area contributed by atoms with Gasteiger partial charge in [0.15, 0.2) is 0 Å². The minimum atomic E-state index is 0.913. The SMILES string of the molecule is CNCC(C)=C1CCOCC1. The van der Waals surface area contributed by atoms with Gasteiger partial charge in [-0.15, -0.1) is 0 Å². The van der Waals surface area contributed by atoms with Crippen LogP contribution in [0, 0.1) is 0 Å². The lowest BCUT2D eigenvalue weighted by Gasteiger charge is -2.17. The van der Waals surface area contributed by atoms with E-state index >= 15 is 0 Å². The predicted molar refractivity (Wildman–Crippen MR) is 46.7 cm³/mol. The molecule has 1 rings (SSSR count). The molecule has 0 aromatic carbocycles. The summed E-state index contributed by atoms with van der Waals surface area (Å²) in [6.07, 6.45) is 2.26. The zero-order valence-corrected chi connectivity index (χ0v) is 7.44. The van der Waals surface area contributed by atoms with Gasteiger partial charge in [0, 0.05) is 6.54 Å². The number of nitrogens with one attached hydrogen (secondary N) is 1. The Labute approximate surface area is 68.6 Å². The van der Waals surface area contributed by atoms with Gasteiger partial charge in [0.1, 0.15) is 0 Å². The van der Waals surface area contributed by atoms with Crippen LogP contribution in [0.25, 0.3) is 0 Å². The van der Waals surface area contributed by atoms with Crippen molar-refractivity contribution in [3.8, 4) is 0 Å². The van der Waals surface area contributed by atoms with Gasteiger partial charge in [0.05, 0.1) is 13.2 Å². The van der Waals surface area contributed by atoms with Crippen LogP contribution in [0.2, 0.25) is 0 Å². The number of hydrogen-bond donors (Lipinski definition) is 1. The highest BCUT2D eigenvalue weighted by molar-refractivity contribution is 5.14. The maximum absolute atomic E-state index is 5.27. The molecule has 1 fully saturated rings. The second-order valence-electron chi connectivity index (χ2n) is 3.03. The molecule has 0 radical (unpaired) electrons. The van der Waals surface area contributed by atoms with Crippen LogP contribution in [0.15, 0.2) is 11.1 Å². The molecule has 0 bridgehead atoms. The Morgan fingerprint density at radius 1 is 1.45 bits per heavy atom. The normalized spacial score (nSPS) is 18.5. The smallest absolute Gasteiger partial charge is 0.0503 e. The molecule has 1 aliphatic heterocycles. The maximum Gasteiger partial charge on any atom is 0.0503 e. The average Bonchev–Trinajstić information content (AvgIpc) is 2.07. The second-order valence-corrected chi connectivity index (χ2v) is 3.03. The molecule has 2 nitrogen and oxygen atoms in total. The minimum absolute atomic E-state index is 0.913. The standard InChI is InChI=1S/C9H17NO/c1-8(7-10-2)9-3-5-11-6-4-9/h10H,3-7H2,1-2H3. The fourth-order valence-electron chi connectivity index (χ4n) is 1.43. The Morgan fingerprint density at radius 3 is 2.64 bits per heavy atom. The Balaban J connectivity index is 2.46. The third-order valence-corrected chi connectivity index (χ3v) is 2.14. The zero-order valence-electron chi connectivity index (χ0n) is 7.44. The molecule has 1 heterocycles. The predicted octanol–water partition coefficient (Wildman–Crippen LogP) is 1.33. The monoisotopic (exact) mass is 155 g/mol. The Morgan fingerprint density at radius 2 is 2.09 bits per heavy atom. The van der Waals surface area contributed by atoms with Gasteiger partial charge in [-0.05, 0) is 26.8 Å². The van der Waals surface area contributed by atoms with Gasteiger partial charge in [0.2, 0.25) is 0 Å². The molecular formula is C9H17NO. The summed E-state index contributed by atoms with van der Waals surface area (Å²) >= 11 is 0. The minimum Gasteiger partial charge on any atom is -0.381 e. The van der Waals surface area contributed by atoms with Gasteiger partial charge in [-0.1, -0.05) is 11.1 Å². The highest BCUT2D eigenvalue weighted by Crippen LogP contribution is 2.16. The van der Waals surface area contributed by atoms with Crippen LogP contribution in [0.4, 0.5) is 0 Å². The van der Waals surface area contributed by atoms with Crippen molar-refractivity contribution in [2.24, 2.45) is 0 Å². The molecule has 64 valence electrons. The van der Waals surface area contributed by atoms with Crippen molar-refractivity contribution in [3.05, 3.63) is 11.1 Å². The van der Waals surface area contributed by atoms with E-state index in [4.69, 9.17) is 4.74 Å². The molecule has 1 N–H and O–H groups in total. The molecule has 0 aromatic heterocycles. The van der Waals surface area contributed by atoms with Gasteiger partial charge >= 0.3 is 0 Å². The molecule has 0 aliphatic carbocycles. The van der Waals surface area contributed by atoms with Gasteiger partial charge in [-0.25, -0.2) is 0 Å². The summed E-state index contributed by atoms with van der Waals surface area (Å²) in [6.45, 7) is 5.05. The zero-order chi connectivity index (χ0) is 8.10. The second kappa shape index (κ2) is 4.52. The summed E-state index contributed by atoms with van der Waals surface area (Å²) in [7, 11) is 1.99. The summed E-state index contributed by atoms with van der Waals surface area (Å²) in [5, 5.41) is 3.17. The number of ether oxygens (including phenoxy) is 1. The van der Waals surface area contributed by atoms with Crippen molar-refractivity contribution < 1.29 is 4.74 Å². The lowest BCUT2D eigenvalue weighted by Crippen LogP contribution is -2.14. The quantitative estimate of drug-likeness (QED) is 0.607. The van der Waals surface area contributed by atoms with Gasteiger partial charge in [-0.3, -0.25) is 0 Å². The molecule has 1 aliphatic rings. The van der Waals surface area contributed by atoms with Crippen molar-refractivity contribution in [1.82, 2.24) is 5.32 Å². The first-order valence-electron chi connectivity index (χ1n) is 4.24. The van der Waals surface area contributed by atoms with Crippen molar-refractivity contribution in [2.75, 3.05) is 26.8 Å². The summed E-state index contributed by atoms with van der Waals surface area (Å²) < 4.78 is 5.27. The van der Waals surface area contributed by atoms with Crippen molar-refractivity contribution in [1.29, 1.82) is 0 Å². The van der Waals surface area contributed by atoms with Crippen LogP contribution in [-0.4, -0.2) is 26.8 Å². The Bertz CT molecular complexity index is 144. The lowest BCUT2D eigenvalue weighted by atomic mass is 10.0. The van der Waals surface area contributed by atoms with Gasteiger partial charge in [0.25, 0.3) is 0 Å². The fraction of sp³-hybridized carbons (Fsp3) is 0.778. The molecule has 2 heteroatoms. The van der Waals surface area contributed by atoms with Crippen LogP contribution in [-0.2, 0) is 4.74 Å². The third kappa shape index (κ3) is 2.64. The first-order valence-corrected chi connectivity index (χ1v) is 4.24. The van der Waals surface area contributed by atoms with E-state index in [0.717, 1.165) is 32.6 Å². The van der Waals surface area contributed by atoms with Crippen molar-refractivity contribution >= 4 is 0 Å². The number of hydrogen-bond acceptors (Lipinski definition) is 2. The van der Waals surface area contributed by atoms with Gasteiger partial charge < -0.3 is 10.1 Å².